The third-order valence-corrected chi connectivity index (χ3v) is 2.39. The van der Waals surface area contributed by atoms with Gasteiger partial charge >= 0.3 is 0 Å². The van der Waals surface area contributed by atoms with Gasteiger partial charge in [-0.15, -0.1) is 12.4 Å². The molecule has 0 aliphatic heterocycles. The summed E-state index contributed by atoms with van der Waals surface area (Å²) in [6.07, 6.45) is 0.737. The molecular formula is C13H19ClF2N2O. The van der Waals surface area contributed by atoms with Crippen molar-refractivity contribution in [3.63, 3.8) is 0 Å². The van der Waals surface area contributed by atoms with Gasteiger partial charge in [0.25, 0.3) is 5.91 Å². The largest absolute Gasteiger partial charge is 0.352 e. The third-order valence-electron chi connectivity index (χ3n) is 2.39. The van der Waals surface area contributed by atoms with Crippen LogP contribution in [0.4, 0.5) is 8.78 Å². The van der Waals surface area contributed by atoms with Gasteiger partial charge in [0.15, 0.2) is 11.6 Å². The minimum atomic E-state index is -1.10. The SMILES string of the molecule is CC(C)NCCCNC(=O)c1cccc(F)c1F.Cl. The van der Waals surface area contributed by atoms with Crippen LogP contribution in [0, 0.1) is 11.6 Å². The molecule has 2 N–H and O–H groups in total. The average molecular weight is 293 g/mol. The van der Waals surface area contributed by atoms with Gasteiger partial charge in [-0.1, -0.05) is 19.9 Å². The molecule has 0 radical (unpaired) electrons. The fourth-order valence-corrected chi connectivity index (χ4v) is 1.46. The molecule has 0 saturated heterocycles. The normalized spacial score (nSPS) is 10.2. The van der Waals surface area contributed by atoms with Gasteiger partial charge in [-0.05, 0) is 25.1 Å². The Hall–Kier alpha value is -1.20. The van der Waals surface area contributed by atoms with Crippen molar-refractivity contribution in [1.29, 1.82) is 0 Å². The van der Waals surface area contributed by atoms with E-state index in [0.29, 0.717) is 12.6 Å². The summed E-state index contributed by atoms with van der Waals surface area (Å²) in [7, 11) is 0. The first-order chi connectivity index (χ1) is 8.52. The average Bonchev–Trinajstić information content (AvgIpc) is 2.31. The van der Waals surface area contributed by atoms with Crippen LogP contribution in [0.15, 0.2) is 18.2 Å². The zero-order valence-electron chi connectivity index (χ0n) is 11.0. The maximum Gasteiger partial charge on any atom is 0.254 e. The molecule has 0 aliphatic carbocycles. The maximum atomic E-state index is 13.3. The van der Waals surface area contributed by atoms with Crippen molar-refractivity contribution in [3.05, 3.63) is 35.4 Å². The molecule has 0 aromatic heterocycles. The fourth-order valence-electron chi connectivity index (χ4n) is 1.46. The van der Waals surface area contributed by atoms with Crippen LogP contribution < -0.4 is 10.6 Å². The zero-order chi connectivity index (χ0) is 13.5. The van der Waals surface area contributed by atoms with E-state index in [1.165, 1.54) is 12.1 Å². The lowest BCUT2D eigenvalue weighted by Gasteiger charge is -2.09. The molecular weight excluding hydrogens is 274 g/mol. The van der Waals surface area contributed by atoms with Crippen molar-refractivity contribution in [3.8, 4) is 0 Å². The van der Waals surface area contributed by atoms with E-state index in [4.69, 9.17) is 0 Å². The van der Waals surface area contributed by atoms with Crippen molar-refractivity contribution in [2.24, 2.45) is 0 Å². The standard InChI is InChI=1S/C13H18F2N2O.ClH/c1-9(2)16-7-4-8-17-13(18)10-5-3-6-11(14)12(10)15;/h3,5-6,9,16H,4,7-8H2,1-2H3,(H,17,18);1H. The van der Waals surface area contributed by atoms with Crippen LogP contribution in [-0.2, 0) is 0 Å². The first-order valence-electron chi connectivity index (χ1n) is 5.98. The summed E-state index contributed by atoms with van der Waals surface area (Å²) in [5.74, 6) is -2.70. The quantitative estimate of drug-likeness (QED) is 0.791. The summed E-state index contributed by atoms with van der Waals surface area (Å²) < 4.78 is 26.2. The molecule has 0 heterocycles. The summed E-state index contributed by atoms with van der Waals surface area (Å²) in [5, 5.41) is 5.75. The Balaban J connectivity index is 0.00000324. The molecule has 1 aromatic carbocycles. The number of carbonyl (C=O) groups excluding carboxylic acids is 1. The topological polar surface area (TPSA) is 41.1 Å². The lowest BCUT2D eigenvalue weighted by Crippen LogP contribution is -2.30. The van der Waals surface area contributed by atoms with Crippen LogP contribution in [0.2, 0.25) is 0 Å². The minimum Gasteiger partial charge on any atom is -0.352 e. The highest BCUT2D eigenvalue weighted by molar-refractivity contribution is 5.94. The second kappa shape index (κ2) is 8.82. The molecule has 19 heavy (non-hydrogen) atoms. The fraction of sp³-hybridized carbons (Fsp3) is 0.462. The Morgan fingerprint density at radius 3 is 2.58 bits per heavy atom. The molecule has 1 aromatic rings. The van der Waals surface area contributed by atoms with Gasteiger partial charge in [0.1, 0.15) is 0 Å². The molecule has 108 valence electrons. The zero-order valence-corrected chi connectivity index (χ0v) is 11.8. The molecule has 1 rings (SSSR count). The molecule has 0 atom stereocenters. The molecule has 0 saturated carbocycles. The van der Waals surface area contributed by atoms with Crippen molar-refractivity contribution < 1.29 is 13.6 Å². The van der Waals surface area contributed by atoms with E-state index >= 15 is 0 Å². The van der Waals surface area contributed by atoms with E-state index in [2.05, 4.69) is 10.6 Å². The van der Waals surface area contributed by atoms with Gasteiger partial charge in [0, 0.05) is 12.6 Å². The van der Waals surface area contributed by atoms with Gasteiger partial charge in [-0.2, -0.15) is 0 Å². The van der Waals surface area contributed by atoms with Crippen molar-refractivity contribution in [1.82, 2.24) is 10.6 Å². The molecule has 0 unspecified atom stereocenters. The van der Waals surface area contributed by atoms with Crippen LogP contribution in [-0.4, -0.2) is 25.0 Å². The van der Waals surface area contributed by atoms with E-state index in [1.54, 1.807) is 0 Å². The highest BCUT2D eigenvalue weighted by Crippen LogP contribution is 2.10. The lowest BCUT2D eigenvalue weighted by molar-refractivity contribution is 0.0948. The number of rotatable bonds is 6. The minimum absolute atomic E-state index is 0. The van der Waals surface area contributed by atoms with Crippen LogP contribution >= 0.6 is 12.4 Å². The molecule has 0 aliphatic rings. The molecule has 1 amide bonds. The Morgan fingerprint density at radius 1 is 1.26 bits per heavy atom. The Kier molecular flexibility index (Phi) is 8.27. The van der Waals surface area contributed by atoms with E-state index in [1.807, 2.05) is 13.8 Å². The first-order valence-corrected chi connectivity index (χ1v) is 5.98. The number of hydrogen-bond donors (Lipinski definition) is 2. The highest BCUT2D eigenvalue weighted by Gasteiger charge is 2.14. The summed E-state index contributed by atoms with van der Waals surface area (Å²) in [4.78, 5) is 11.6. The van der Waals surface area contributed by atoms with Crippen molar-refractivity contribution in [2.75, 3.05) is 13.1 Å². The monoisotopic (exact) mass is 292 g/mol. The number of amides is 1. The number of hydrogen-bond acceptors (Lipinski definition) is 2. The molecule has 6 heteroatoms. The number of halogens is 3. The summed E-state index contributed by atoms with van der Waals surface area (Å²) in [6.45, 7) is 5.25. The van der Waals surface area contributed by atoms with Crippen LogP contribution in [0.5, 0.6) is 0 Å². The van der Waals surface area contributed by atoms with Gasteiger partial charge in [-0.3, -0.25) is 4.79 Å². The van der Waals surface area contributed by atoms with Crippen LogP contribution in [0.1, 0.15) is 30.6 Å². The number of benzene rings is 1. The number of nitrogens with one attached hydrogen (secondary N) is 2. The predicted octanol–water partition coefficient (Wildman–Crippen LogP) is 2.50. The summed E-state index contributed by atoms with van der Waals surface area (Å²) in [6, 6.07) is 3.95. The summed E-state index contributed by atoms with van der Waals surface area (Å²) in [5.41, 5.74) is -0.258. The first kappa shape index (κ1) is 17.8. The van der Waals surface area contributed by atoms with Crippen LogP contribution in [0.3, 0.4) is 0 Å². The van der Waals surface area contributed by atoms with E-state index < -0.39 is 17.5 Å². The molecule has 0 bridgehead atoms. The maximum absolute atomic E-state index is 13.3. The van der Waals surface area contributed by atoms with E-state index in [-0.39, 0.29) is 18.0 Å². The van der Waals surface area contributed by atoms with Gasteiger partial charge < -0.3 is 10.6 Å². The third kappa shape index (κ3) is 5.98. The highest BCUT2D eigenvalue weighted by atomic mass is 35.5. The van der Waals surface area contributed by atoms with Gasteiger partial charge in [0.05, 0.1) is 5.56 Å². The lowest BCUT2D eigenvalue weighted by atomic mass is 10.2. The van der Waals surface area contributed by atoms with E-state index in [9.17, 15) is 13.6 Å². The Labute approximate surface area is 118 Å². The number of carbonyl (C=O) groups is 1. The van der Waals surface area contributed by atoms with Crippen molar-refractivity contribution in [2.45, 2.75) is 26.3 Å². The Morgan fingerprint density at radius 2 is 1.95 bits per heavy atom. The predicted molar refractivity (Wildman–Crippen MR) is 73.7 cm³/mol. The Bertz CT molecular complexity index is 414. The van der Waals surface area contributed by atoms with Gasteiger partial charge in [0.2, 0.25) is 0 Å². The molecule has 0 fully saturated rings. The second-order valence-electron chi connectivity index (χ2n) is 4.32. The molecule has 0 spiro atoms. The second-order valence-corrected chi connectivity index (χ2v) is 4.32. The van der Waals surface area contributed by atoms with Crippen LogP contribution in [0.25, 0.3) is 0 Å². The van der Waals surface area contributed by atoms with Gasteiger partial charge in [-0.25, -0.2) is 8.78 Å². The molecule has 3 nitrogen and oxygen atoms in total. The smallest absolute Gasteiger partial charge is 0.254 e. The van der Waals surface area contributed by atoms with Crippen molar-refractivity contribution >= 4 is 18.3 Å². The van der Waals surface area contributed by atoms with E-state index in [0.717, 1.165) is 19.0 Å². The summed E-state index contributed by atoms with van der Waals surface area (Å²) >= 11 is 0.